The highest BCUT2D eigenvalue weighted by Gasteiger charge is 2.28. The van der Waals surface area contributed by atoms with Gasteiger partial charge in [-0.05, 0) is 22.7 Å². The Hall–Kier alpha value is -1.63. The van der Waals surface area contributed by atoms with Crippen LogP contribution in [0.2, 0.25) is 0 Å². The van der Waals surface area contributed by atoms with E-state index in [4.69, 9.17) is 10.5 Å². The summed E-state index contributed by atoms with van der Waals surface area (Å²) >= 11 is 0. The molecule has 0 aromatic carbocycles. The summed E-state index contributed by atoms with van der Waals surface area (Å²) in [6, 6.07) is 0. The van der Waals surface area contributed by atoms with Crippen molar-refractivity contribution in [3.63, 3.8) is 0 Å². The Labute approximate surface area is 106 Å². The van der Waals surface area contributed by atoms with Crippen LogP contribution in [0.15, 0.2) is 0 Å². The molecule has 1 rings (SSSR count). The summed E-state index contributed by atoms with van der Waals surface area (Å²) in [7, 11) is 1.68. The predicted molar refractivity (Wildman–Crippen MR) is 67.6 cm³/mol. The molecule has 0 bridgehead atoms. The lowest BCUT2D eigenvalue weighted by molar-refractivity contribution is -0.390. The lowest BCUT2D eigenvalue weighted by atomic mass is 9.96. The van der Waals surface area contributed by atoms with Gasteiger partial charge in [-0.3, -0.25) is 4.57 Å². The van der Waals surface area contributed by atoms with Crippen molar-refractivity contribution in [3.8, 4) is 5.88 Å². The first-order chi connectivity index (χ1) is 8.34. The average Bonchev–Trinajstić information content (AvgIpc) is 2.63. The minimum absolute atomic E-state index is 0.161. The summed E-state index contributed by atoms with van der Waals surface area (Å²) in [4.78, 5) is 14.2. The van der Waals surface area contributed by atoms with Crippen LogP contribution in [0, 0.1) is 17.0 Å². The first-order valence-electron chi connectivity index (χ1n) is 5.94. The molecule has 2 N–H and O–H groups in total. The zero-order valence-electron chi connectivity index (χ0n) is 11.3. The average molecular weight is 256 g/mol. The van der Waals surface area contributed by atoms with Crippen molar-refractivity contribution in [2.45, 2.75) is 39.2 Å². The number of nitrogens with two attached hydrogens (primary N) is 1. The molecule has 0 aliphatic heterocycles. The molecule has 7 heteroatoms. The largest absolute Gasteiger partial charge is 0.471 e. The highest BCUT2D eigenvalue weighted by Crippen LogP contribution is 2.27. The van der Waals surface area contributed by atoms with Crippen molar-refractivity contribution in [2.24, 2.45) is 12.8 Å². The lowest BCUT2D eigenvalue weighted by Crippen LogP contribution is -2.44. The molecular formula is C11H20N4O3. The van der Waals surface area contributed by atoms with Gasteiger partial charge in [-0.2, -0.15) is 0 Å². The summed E-state index contributed by atoms with van der Waals surface area (Å²) < 4.78 is 7.09. The van der Waals surface area contributed by atoms with Gasteiger partial charge in [0.2, 0.25) is 5.82 Å². The van der Waals surface area contributed by atoms with Crippen molar-refractivity contribution in [1.82, 2.24) is 9.55 Å². The van der Waals surface area contributed by atoms with E-state index in [9.17, 15) is 10.1 Å². The van der Waals surface area contributed by atoms with Crippen LogP contribution in [-0.2, 0) is 7.05 Å². The summed E-state index contributed by atoms with van der Waals surface area (Å²) in [5.41, 5.74) is 5.64. The van der Waals surface area contributed by atoms with Gasteiger partial charge in [-0.25, -0.2) is 0 Å². The van der Waals surface area contributed by atoms with Crippen LogP contribution in [0.3, 0.4) is 0 Å². The molecule has 0 saturated carbocycles. The van der Waals surface area contributed by atoms with Crippen LogP contribution < -0.4 is 10.5 Å². The maximum atomic E-state index is 10.9. The number of aromatic nitrogens is 2. The zero-order valence-corrected chi connectivity index (χ0v) is 11.3. The number of imidazole rings is 1. The van der Waals surface area contributed by atoms with Gasteiger partial charge in [0.05, 0.1) is 0 Å². The third kappa shape index (κ3) is 2.79. The van der Waals surface area contributed by atoms with Crippen LogP contribution in [0.1, 0.15) is 32.5 Å². The molecule has 0 aliphatic carbocycles. The number of hydrogen-bond donors (Lipinski definition) is 1. The van der Waals surface area contributed by atoms with Gasteiger partial charge in [0.15, 0.2) is 0 Å². The molecule has 0 amide bonds. The van der Waals surface area contributed by atoms with Gasteiger partial charge >= 0.3 is 5.82 Å². The number of nitrogens with zero attached hydrogens (tertiary/aromatic N) is 3. The Kier molecular flexibility index (Phi) is 4.28. The van der Waals surface area contributed by atoms with Gasteiger partial charge in [0.1, 0.15) is 6.61 Å². The normalized spacial score (nSPS) is 11.6. The van der Waals surface area contributed by atoms with E-state index in [0.717, 1.165) is 12.8 Å². The van der Waals surface area contributed by atoms with Gasteiger partial charge in [0.25, 0.3) is 5.88 Å². The summed E-state index contributed by atoms with van der Waals surface area (Å²) in [5.74, 6) is 0.436. The molecule has 18 heavy (non-hydrogen) atoms. The molecule has 102 valence electrons. The van der Waals surface area contributed by atoms with Crippen molar-refractivity contribution >= 4 is 5.82 Å². The number of hydrogen-bond acceptors (Lipinski definition) is 5. The predicted octanol–water partition coefficient (Wildman–Crippen LogP) is 1.53. The first-order valence-corrected chi connectivity index (χ1v) is 5.94. The van der Waals surface area contributed by atoms with E-state index >= 15 is 0 Å². The van der Waals surface area contributed by atoms with Gasteiger partial charge in [-0.15, -0.1) is 0 Å². The maximum absolute atomic E-state index is 10.9. The number of rotatable bonds is 6. The highest BCUT2D eigenvalue weighted by molar-refractivity contribution is 5.36. The first kappa shape index (κ1) is 14.4. The molecule has 0 fully saturated rings. The molecule has 1 aromatic rings. The second-order valence-corrected chi connectivity index (χ2v) is 4.46. The van der Waals surface area contributed by atoms with Crippen LogP contribution in [0.5, 0.6) is 5.88 Å². The second-order valence-electron chi connectivity index (χ2n) is 4.46. The molecule has 0 aliphatic rings. The minimum Gasteiger partial charge on any atom is -0.471 e. The molecule has 1 aromatic heterocycles. The fourth-order valence-corrected chi connectivity index (χ4v) is 1.52. The third-order valence-corrected chi connectivity index (χ3v) is 3.33. The van der Waals surface area contributed by atoms with Crippen LogP contribution in [0.25, 0.3) is 0 Å². The van der Waals surface area contributed by atoms with E-state index in [0.29, 0.717) is 5.82 Å². The summed E-state index contributed by atoms with van der Waals surface area (Å²) in [5, 5.41) is 10.9. The van der Waals surface area contributed by atoms with Crippen molar-refractivity contribution in [2.75, 3.05) is 6.61 Å². The molecule has 1 heterocycles. The third-order valence-electron chi connectivity index (χ3n) is 3.33. The molecular weight excluding hydrogens is 236 g/mol. The van der Waals surface area contributed by atoms with Crippen molar-refractivity contribution in [3.05, 3.63) is 15.9 Å². The Morgan fingerprint density at radius 1 is 1.50 bits per heavy atom. The molecule has 0 atom stereocenters. The molecule has 0 radical (unpaired) electrons. The topological polar surface area (TPSA) is 96.2 Å². The van der Waals surface area contributed by atoms with E-state index < -0.39 is 10.5 Å². The summed E-state index contributed by atoms with van der Waals surface area (Å²) in [6.07, 6.45) is 1.49. The van der Waals surface area contributed by atoms with Crippen molar-refractivity contribution < 1.29 is 9.66 Å². The summed E-state index contributed by atoms with van der Waals surface area (Å²) in [6.45, 7) is 5.86. The van der Waals surface area contributed by atoms with E-state index in [-0.39, 0.29) is 18.3 Å². The fraction of sp³-hybridized carbons (Fsp3) is 0.727. The lowest BCUT2D eigenvalue weighted by Gasteiger charge is -2.26. The Morgan fingerprint density at radius 2 is 2.06 bits per heavy atom. The monoisotopic (exact) mass is 256 g/mol. The molecule has 0 spiro atoms. The fourth-order valence-electron chi connectivity index (χ4n) is 1.52. The second kappa shape index (κ2) is 5.34. The quantitative estimate of drug-likeness (QED) is 0.615. The van der Waals surface area contributed by atoms with Crippen LogP contribution >= 0.6 is 0 Å². The Bertz CT molecular complexity index is 438. The number of nitro groups is 1. The standard InChI is InChI=1S/C11H20N4O3/c1-5-11(12,6-2)7-18-10-9(15(16)17)13-8(3)14(10)4/h5-7,12H2,1-4H3. The zero-order chi connectivity index (χ0) is 13.9. The molecule has 0 saturated heterocycles. The van der Waals surface area contributed by atoms with E-state index in [1.807, 2.05) is 13.8 Å². The van der Waals surface area contributed by atoms with Gasteiger partial charge in [0, 0.05) is 19.5 Å². The van der Waals surface area contributed by atoms with E-state index in [2.05, 4.69) is 4.98 Å². The smallest absolute Gasteiger partial charge is 0.426 e. The molecule has 7 nitrogen and oxygen atoms in total. The maximum Gasteiger partial charge on any atom is 0.426 e. The van der Waals surface area contributed by atoms with Crippen LogP contribution in [0.4, 0.5) is 5.82 Å². The van der Waals surface area contributed by atoms with Crippen LogP contribution in [-0.4, -0.2) is 26.6 Å². The SMILES string of the molecule is CCC(N)(CC)COc1c([N+](=O)[O-])nc(C)n1C. The Morgan fingerprint density at radius 3 is 2.50 bits per heavy atom. The van der Waals surface area contributed by atoms with Crippen molar-refractivity contribution in [1.29, 1.82) is 0 Å². The molecule has 0 unspecified atom stereocenters. The van der Waals surface area contributed by atoms with Gasteiger partial charge < -0.3 is 20.6 Å². The number of aryl methyl sites for hydroxylation is 1. The minimum atomic E-state index is -0.543. The number of ether oxygens (including phenoxy) is 1. The van der Waals surface area contributed by atoms with E-state index in [1.54, 1.807) is 18.5 Å². The van der Waals surface area contributed by atoms with Gasteiger partial charge in [-0.1, -0.05) is 13.8 Å². The van der Waals surface area contributed by atoms with E-state index in [1.165, 1.54) is 0 Å². The Balaban J connectivity index is 2.94. The highest BCUT2D eigenvalue weighted by atomic mass is 16.6.